The minimum atomic E-state index is -0.348. The molecule has 2 aromatic carbocycles. The summed E-state index contributed by atoms with van der Waals surface area (Å²) in [5.74, 6) is -0.756. The van der Waals surface area contributed by atoms with Crippen molar-refractivity contribution in [2.45, 2.75) is 6.92 Å². The fourth-order valence-electron chi connectivity index (χ4n) is 2.39. The summed E-state index contributed by atoms with van der Waals surface area (Å²) in [6, 6.07) is 13.4. The summed E-state index contributed by atoms with van der Waals surface area (Å²) in [4.78, 5) is 25.6. The highest BCUT2D eigenvalue weighted by Crippen LogP contribution is 2.20. The predicted octanol–water partition coefficient (Wildman–Crippen LogP) is 2.72. The molecule has 1 amide bonds. The van der Waals surface area contributed by atoms with Crippen LogP contribution < -0.4 is 0 Å². The Morgan fingerprint density at radius 3 is 2.52 bits per heavy atom. The standard InChI is InChI=1S/C17H19NO3/c1-12(17(20)21-3)11-18(2)16(19)15-10-6-8-13-7-4-5-9-14(13)15/h4-10,12H,11H2,1-3H3. The number of methoxy groups -OCH3 is 1. The molecule has 0 radical (unpaired) electrons. The Morgan fingerprint density at radius 1 is 1.14 bits per heavy atom. The molecule has 110 valence electrons. The number of fused-ring (bicyclic) bond motifs is 1. The van der Waals surface area contributed by atoms with E-state index in [4.69, 9.17) is 4.74 Å². The Hall–Kier alpha value is -2.36. The van der Waals surface area contributed by atoms with Crippen molar-refractivity contribution < 1.29 is 14.3 Å². The lowest BCUT2D eigenvalue weighted by Crippen LogP contribution is -2.34. The number of hydrogen-bond acceptors (Lipinski definition) is 3. The lowest BCUT2D eigenvalue weighted by atomic mass is 10.0. The molecule has 0 saturated heterocycles. The van der Waals surface area contributed by atoms with Gasteiger partial charge < -0.3 is 9.64 Å². The number of ether oxygens (including phenoxy) is 1. The Bertz CT molecular complexity index is 661. The van der Waals surface area contributed by atoms with Crippen molar-refractivity contribution in [3.63, 3.8) is 0 Å². The Morgan fingerprint density at radius 2 is 1.81 bits per heavy atom. The van der Waals surface area contributed by atoms with Crippen LogP contribution in [0.25, 0.3) is 10.8 Å². The molecule has 0 heterocycles. The molecule has 0 bridgehead atoms. The van der Waals surface area contributed by atoms with Gasteiger partial charge in [0.05, 0.1) is 13.0 Å². The fraction of sp³-hybridized carbons (Fsp3) is 0.294. The van der Waals surface area contributed by atoms with Crippen molar-refractivity contribution in [1.82, 2.24) is 4.90 Å². The third-order valence-corrected chi connectivity index (χ3v) is 3.52. The largest absolute Gasteiger partial charge is 0.469 e. The number of nitrogens with zero attached hydrogens (tertiary/aromatic N) is 1. The second-order valence-corrected chi connectivity index (χ2v) is 5.14. The average Bonchev–Trinajstić information content (AvgIpc) is 2.52. The van der Waals surface area contributed by atoms with Gasteiger partial charge in [-0.05, 0) is 16.8 Å². The maximum atomic E-state index is 12.6. The molecule has 0 N–H and O–H groups in total. The van der Waals surface area contributed by atoms with E-state index in [1.807, 2.05) is 42.5 Å². The van der Waals surface area contributed by atoms with Gasteiger partial charge >= 0.3 is 5.97 Å². The Kier molecular flexibility index (Phi) is 4.58. The van der Waals surface area contributed by atoms with E-state index >= 15 is 0 Å². The summed E-state index contributed by atoms with van der Waals surface area (Å²) >= 11 is 0. The van der Waals surface area contributed by atoms with Crippen LogP contribution >= 0.6 is 0 Å². The molecule has 0 aliphatic carbocycles. The molecule has 0 saturated carbocycles. The molecule has 0 spiro atoms. The van der Waals surface area contributed by atoms with Crippen LogP contribution in [-0.4, -0.2) is 37.5 Å². The van der Waals surface area contributed by atoms with E-state index in [2.05, 4.69) is 0 Å². The second kappa shape index (κ2) is 6.39. The van der Waals surface area contributed by atoms with Crippen LogP contribution in [0.1, 0.15) is 17.3 Å². The second-order valence-electron chi connectivity index (χ2n) is 5.14. The van der Waals surface area contributed by atoms with Gasteiger partial charge in [0, 0.05) is 19.2 Å². The van der Waals surface area contributed by atoms with Crippen molar-refractivity contribution in [3.05, 3.63) is 48.0 Å². The first-order chi connectivity index (χ1) is 10.0. The summed E-state index contributed by atoms with van der Waals surface area (Å²) in [5, 5.41) is 1.94. The topological polar surface area (TPSA) is 46.6 Å². The van der Waals surface area contributed by atoms with Crippen molar-refractivity contribution in [1.29, 1.82) is 0 Å². The van der Waals surface area contributed by atoms with E-state index in [0.717, 1.165) is 10.8 Å². The molecular weight excluding hydrogens is 266 g/mol. The zero-order valence-electron chi connectivity index (χ0n) is 12.5. The highest BCUT2D eigenvalue weighted by atomic mass is 16.5. The van der Waals surface area contributed by atoms with Crippen LogP contribution in [0.4, 0.5) is 0 Å². The lowest BCUT2D eigenvalue weighted by molar-refractivity contribution is -0.145. The van der Waals surface area contributed by atoms with Crippen molar-refractivity contribution in [2.24, 2.45) is 5.92 Å². The number of amides is 1. The average molecular weight is 285 g/mol. The van der Waals surface area contributed by atoms with Crippen molar-refractivity contribution >= 4 is 22.6 Å². The molecule has 21 heavy (non-hydrogen) atoms. The molecule has 1 atom stereocenters. The number of hydrogen-bond donors (Lipinski definition) is 0. The number of carbonyl (C=O) groups excluding carboxylic acids is 2. The minimum absolute atomic E-state index is 0.0949. The smallest absolute Gasteiger partial charge is 0.310 e. The highest BCUT2D eigenvalue weighted by molar-refractivity contribution is 6.07. The predicted molar refractivity (Wildman–Crippen MR) is 82.1 cm³/mol. The minimum Gasteiger partial charge on any atom is -0.469 e. The SMILES string of the molecule is COC(=O)C(C)CN(C)C(=O)c1cccc2ccccc12. The molecule has 0 aromatic heterocycles. The lowest BCUT2D eigenvalue weighted by Gasteiger charge is -2.21. The van der Waals surface area contributed by atoms with Crippen LogP contribution in [0.15, 0.2) is 42.5 Å². The molecule has 1 unspecified atom stereocenters. The summed E-state index contributed by atoms with van der Waals surface area (Å²) in [7, 11) is 3.05. The number of carbonyl (C=O) groups is 2. The third kappa shape index (κ3) is 3.21. The first kappa shape index (κ1) is 15.0. The molecule has 0 fully saturated rings. The van der Waals surface area contributed by atoms with Gasteiger partial charge in [-0.1, -0.05) is 43.3 Å². The van der Waals surface area contributed by atoms with Crippen LogP contribution in [0.5, 0.6) is 0 Å². The first-order valence-electron chi connectivity index (χ1n) is 6.85. The van der Waals surface area contributed by atoms with Gasteiger partial charge in [0.2, 0.25) is 0 Å². The summed E-state index contributed by atoms with van der Waals surface area (Å²) < 4.78 is 4.69. The van der Waals surface area contributed by atoms with Gasteiger partial charge in [0.1, 0.15) is 0 Å². The maximum Gasteiger partial charge on any atom is 0.310 e. The zero-order valence-corrected chi connectivity index (χ0v) is 12.5. The monoisotopic (exact) mass is 285 g/mol. The van der Waals surface area contributed by atoms with Gasteiger partial charge in [-0.2, -0.15) is 0 Å². The van der Waals surface area contributed by atoms with Gasteiger partial charge in [0.15, 0.2) is 0 Å². The zero-order chi connectivity index (χ0) is 15.4. The van der Waals surface area contributed by atoms with Crippen LogP contribution in [0.2, 0.25) is 0 Å². The summed E-state index contributed by atoms with van der Waals surface area (Å²) in [6.07, 6.45) is 0. The maximum absolute atomic E-state index is 12.6. The quantitative estimate of drug-likeness (QED) is 0.811. The van der Waals surface area contributed by atoms with Crippen LogP contribution in [-0.2, 0) is 9.53 Å². The van der Waals surface area contributed by atoms with E-state index < -0.39 is 0 Å². The van der Waals surface area contributed by atoms with E-state index in [9.17, 15) is 9.59 Å². The van der Waals surface area contributed by atoms with E-state index in [-0.39, 0.29) is 17.8 Å². The number of benzene rings is 2. The number of esters is 1. The van der Waals surface area contributed by atoms with Crippen LogP contribution in [0, 0.1) is 5.92 Å². The number of rotatable bonds is 4. The molecule has 2 rings (SSSR count). The molecule has 0 aliphatic rings. The van der Waals surface area contributed by atoms with E-state index in [1.54, 1.807) is 18.9 Å². The third-order valence-electron chi connectivity index (χ3n) is 3.52. The summed E-state index contributed by atoms with van der Waals surface area (Å²) in [6.45, 7) is 2.08. The molecule has 4 heteroatoms. The summed E-state index contributed by atoms with van der Waals surface area (Å²) in [5.41, 5.74) is 0.646. The Balaban J connectivity index is 2.24. The van der Waals surface area contributed by atoms with Gasteiger partial charge in [-0.15, -0.1) is 0 Å². The fourth-order valence-corrected chi connectivity index (χ4v) is 2.39. The van der Waals surface area contributed by atoms with Gasteiger partial charge in [-0.25, -0.2) is 0 Å². The highest BCUT2D eigenvalue weighted by Gasteiger charge is 2.20. The van der Waals surface area contributed by atoms with Crippen molar-refractivity contribution in [2.75, 3.05) is 20.7 Å². The molecule has 0 aliphatic heterocycles. The Labute approximate surface area is 124 Å². The van der Waals surface area contributed by atoms with Gasteiger partial charge in [0.25, 0.3) is 5.91 Å². The van der Waals surface area contributed by atoms with E-state index in [0.29, 0.717) is 12.1 Å². The molecular formula is C17H19NO3. The van der Waals surface area contributed by atoms with Gasteiger partial charge in [-0.3, -0.25) is 9.59 Å². The first-order valence-corrected chi connectivity index (χ1v) is 6.85. The normalized spacial score (nSPS) is 12.0. The van der Waals surface area contributed by atoms with Crippen molar-refractivity contribution in [3.8, 4) is 0 Å². The van der Waals surface area contributed by atoms with E-state index in [1.165, 1.54) is 7.11 Å². The molecule has 2 aromatic rings. The molecule has 4 nitrogen and oxygen atoms in total. The van der Waals surface area contributed by atoms with Crippen LogP contribution in [0.3, 0.4) is 0 Å².